The molecule has 2 nitrogen and oxygen atoms in total. The van der Waals surface area contributed by atoms with Crippen LogP contribution in [0.1, 0.15) is 92.4 Å². The zero-order valence-electron chi connectivity index (χ0n) is 20.7. The van der Waals surface area contributed by atoms with E-state index in [0.29, 0.717) is 29.6 Å². The van der Waals surface area contributed by atoms with Gasteiger partial charge in [-0.05, 0) is 93.3 Å². The van der Waals surface area contributed by atoms with Gasteiger partial charge in [0.25, 0.3) is 0 Å². The van der Waals surface area contributed by atoms with Crippen molar-refractivity contribution >= 4 is 0 Å². The molecule has 0 bridgehead atoms. The Kier molecular flexibility index (Phi) is 6.38. The molecule has 174 valence electrons. The number of fused-ring (bicyclic) bond motifs is 5. The van der Waals surface area contributed by atoms with Crippen molar-refractivity contribution in [1.29, 1.82) is 0 Å². The number of hydrogen-bond acceptors (Lipinski definition) is 2. The third-order valence-electron chi connectivity index (χ3n) is 10.6. The number of aliphatic hydroxyl groups excluding tert-OH is 2. The van der Waals surface area contributed by atoms with Gasteiger partial charge < -0.3 is 10.2 Å². The fourth-order valence-corrected chi connectivity index (χ4v) is 8.49. The van der Waals surface area contributed by atoms with Crippen LogP contribution in [0, 0.1) is 40.4 Å². The van der Waals surface area contributed by atoms with E-state index < -0.39 is 6.10 Å². The second-order valence-electron chi connectivity index (χ2n) is 12.1. The predicted molar refractivity (Wildman–Crippen MR) is 130 cm³/mol. The Morgan fingerprint density at radius 3 is 2.55 bits per heavy atom. The first-order valence-electron chi connectivity index (χ1n) is 13.1. The van der Waals surface area contributed by atoms with E-state index in [1.54, 1.807) is 5.57 Å². The Balaban J connectivity index is 1.54. The summed E-state index contributed by atoms with van der Waals surface area (Å²) in [4.78, 5) is 0. The van der Waals surface area contributed by atoms with Gasteiger partial charge in [0.15, 0.2) is 0 Å². The third-order valence-corrected chi connectivity index (χ3v) is 10.6. The average molecular weight is 427 g/mol. The number of allylic oxidation sites excluding steroid dienone is 4. The minimum atomic E-state index is -0.426. The maximum Gasteiger partial charge on any atom is 0.0661 e. The van der Waals surface area contributed by atoms with E-state index in [2.05, 4.69) is 53.3 Å². The van der Waals surface area contributed by atoms with Gasteiger partial charge in [0, 0.05) is 11.8 Å². The van der Waals surface area contributed by atoms with Crippen molar-refractivity contribution in [2.45, 2.75) is 105 Å². The Morgan fingerprint density at radius 2 is 1.87 bits per heavy atom. The lowest BCUT2D eigenvalue weighted by molar-refractivity contribution is -0.0545. The standard InChI is InChI=1S/C29H46O2/c1-7-20(18(2)3)9-8-19(4)24-12-13-25-23-11-10-21-16-22(30)17-27(31)29(21,6)26(23)14-15-28(24,25)5/h10-11,19-20,22,24-27,30-31H,2,7-9,12-17H2,1,3-6H3/t19-,20?,22-,24-,25+,26+,27?,28-,29+/m1/s1. The van der Waals surface area contributed by atoms with Gasteiger partial charge in [-0.3, -0.25) is 0 Å². The van der Waals surface area contributed by atoms with Gasteiger partial charge >= 0.3 is 0 Å². The molecule has 0 aromatic heterocycles. The highest BCUT2D eigenvalue weighted by atomic mass is 16.3. The topological polar surface area (TPSA) is 40.5 Å². The summed E-state index contributed by atoms with van der Waals surface area (Å²) >= 11 is 0. The van der Waals surface area contributed by atoms with Crippen LogP contribution in [-0.4, -0.2) is 22.4 Å². The maximum absolute atomic E-state index is 11.1. The van der Waals surface area contributed by atoms with E-state index in [1.807, 2.05) is 0 Å². The molecule has 2 unspecified atom stereocenters. The Labute approximate surface area is 190 Å². The van der Waals surface area contributed by atoms with Crippen molar-refractivity contribution in [3.05, 3.63) is 35.5 Å². The quantitative estimate of drug-likeness (QED) is 0.457. The van der Waals surface area contributed by atoms with Crippen molar-refractivity contribution < 1.29 is 10.2 Å². The van der Waals surface area contributed by atoms with Crippen LogP contribution in [0.25, 0.3) is 0 Å². The van der Waals surface area contributed by atoms with Crippen LogP contribution in [-0.2, 0) is 0 Å². The maximum atomic E-state index is 11.1. The molecule has 2 heteroatoms. The molecule has 2 N–H and O–H groups in total. The van der Waals surface area contributed by atoms with Crippen LogP contribution in [0.4, 0.5) is 0 Å². The van der Waals surface area contributed by atoms with Crippen molar-refractivity contribution in [3.8, 4) is 0 Å². The molecule has 4 rings (SSSR count). The molecule has 4 aliphatic carbocycles. The summed E-state index contributed by atoms with van der Waals surface area (Å²) < 4.78 is 0. The molecule has 3 saturated carbocycles. The summed E-state index contributed by atoms with van der Waals surface area (Å²) in [7, 11) is 0. The van der Waals surface area contributed by atoms with Crippen molar-refractivity contribution in [2.24, 2.45) is 40.4 Å². The summed E-state index contributed by atoms with van der Waals surface area (Å²) in [5, 5.41) is 21.3. The molecule has 0 aliphatic heterocycles. The SMILES string of the molecule is C=C(C)C(CC)CC[C@@H](C)[C@H]1CC[C@H]2C3=CC=C4C[C@@H](O)CC(O)[C@]4(C)[C@H]3CC[C@]12C. The summed E-state index contributed by atoms with van der Waals surface area (Å²) in [6.45, 7) is 16.1. The summed E-state index contributed by atoms with van der Waals surface area (Å²) in [6, 6.07) is 0. The van der Waals surface area contributed by atoms with Crippen LogP contribution in [0.3, 0.4) is 0 Å². The van der Waals surface area contributed by atoms with Crippen molar-refractivity contribution in [2.75, 3.05) is 0 Å². The first-order valence-corrected chi connectivity index (χ1v) is 13.1. The minimum absolute atomic E-state index is 0.176. The number of aliphatic hydroxyl groups is 2. The lowest BCUT2D eigenvalue weighted by Crippen LogP contribution is -2.52. The lowest BCUT2D eigenvalue weighted by Gasteiger charge is -2.56. The molecule has 0 aromatic rings. The largest absolute Gasteiger partial charge is 0.393 e. The number of hydrogen-bond donors (Lipinski definition) is 2. The monoisotopic (exact) mass is 426 g/mol. The van der Waals surface area contributed by atoms with Crippen LogP contribution in [0.15, 0.2) is 35.5 Å². The normalized spacial score (nSPS) is 43.8. The molecular weight excluding hydrogens is 380 g/mol. The Morgan fingerprint density at radius 1 is 1.13 bits per heavy atom. The third kappa shape index (κ3) is 3.70. The first kappa shape index (κ1) is 23.3. The molecule has 9 atom stereocenters. The minimum Gasteiger partial charge on any atom is -0.393 e. The molecular formula is C29H46O2. The highest BCUT2D eigenvalue weighted by Gasteiger charge is 2.58. The highest BCUT2D eigenvalue weighted by molar-refractivity contribution is 5.40. The molecule has 3 fully saturated rings. The molecule has 0 heterocycles. The van der Waals surface area contributed by atoms with E-state index in [-0.39, 0.29) is 11.5 Å². The molecule has 31 heavy (non-hydrogen) atoms. The highest BCUT2D eigenvalue weighted by Crippen LogP contribution is 2.66. The first-order chi connectivity index (χ1) is 14.6. The predicted octanol–water partition coefficient (Wildman–Crippen LogP) is 6.84. The van der Waals surface area contributed by atoms with E-state index >= 15 is 0 Å². The fraction of sp³-hybridized carbons (Fsp3) is 0.793. The van der Waals surface area contributed by atoms with Crippen molar-refractivity contribution in [3.63, 3.8) is 0 Å². The van der Waals surface area contributed by atoms with Gasteiger partial charge in [0.2, 0.25) is 0 Å². The zero-order valence-corrected chi connectivity index (χ0v) is 20.7. The smallest absolute Gasteiger partial charge is 0.0661 e. The van der Waals surface area contributed by atoms with E-state index in [1.165, 1.54) is 56.1 Å². The second kappa shape index (κ2) is 8.49. The lowest BCUT2D eigenvalue weighted by atomic mass is 9.49. The van der Waals surface area contributed by atoms with E-state index in [0.717, 1.165) is 18.3 Å². The van der Waals surface area contributed by atoms with Gasteiger partial charge in [0.05, 0.1) is 12.2 Å². The van der Waals surface area contributed by atoms with Crippen LogP contribution in [0.5, 0.6) is 0 Å². The van der Waals surface area contributed by atoms with E-state index in [4.69, 9.17) is 0 Å². The summed E-state index contributed by atoms with van der Waals surface area (Å²) in [5.74, 6) is 3.36. The van der Waals surface area contributed by atoms with Gasteiger partial charge in [-0.2, -0.15) is 0 Å². The van der Waals surface area contributed by atoms with Crippen molar-refractivity contribution in [1.82, 2.24) is 0 Å². The Hall–Kier alpha value is -0.860. The van der Waals surface area contributed by atoms with E-state index in [9.17, 15) is 10.2 Å². The van der Waals surface area contributed by atoms with Gasteiger partial charge in [-0.15, -0.1) is 0 Å². The van der Waals surface area contributed by atoms with Gasteiger partial charge in [-0.1, -0.05) is 63.1 Å². The number of rotatable bonds is 6. The summed E-state index contributed by atoms with van der Waals surface area (Å²) in [5.41, 5.74) is 4.48. The zero-order chi connectivity index (χ0) is 22.6. The van der Waals surface area contributed by atoms with Gasteiger partial charge in [-0.25, -0.2) is 0 Å². The molecule has 4 aliphatic rings. The Bertz CT molecular complexity index is 763. The molecule has 0 saturated heterocycles. The van der Waals surface area contributed by atoms with Crippen LogP contribution < -0.4 is 0 Å². The molecule has 0 radical (unpaired) electrons. The molecule has 0 aromatic carbocycles. The molecule has 0 spiro atoms. The molecule has 0 amide bonds. The fourth-order valence-electron chi connectivity index (χ4n) is 8.49. The second-order valence-corrected chi connectivity index (χ2v) is 12.1. The average Bonchev–Trinajstić information content (AvgIpc) is 3.06. The van der Waals surface area contributed by atoms with Crippen LogP contribution in [0.2, 0.25) is 0 Å². The van der Waals surface area contributed by atoms with Gasteiger partial charge in [0.1, 0.15) is 0 Å². The summed E-state index contributed by atoms with van der Waals surface area (Å²) in [6.07, 6.45) is 14.1. The van der Waals surface area contributed by atoms with Crippen LogP contribution >= 0.6 is 0 Å².